The summed E-state index contributed by atoms with van der Waals surface area (Å²) >= 11 is 0. The number of imidazole rings is 1. The van der Waals surface area contributed by atoms with Crippen molar-refractivity contribution in [1.82, 2.24) is 9.55 Å². The molecule has 1 heterocycles. The van der Waals surface area contributed by atoms with Gasteiger partial charge in [0, 0.05) is 6.54 Å². The summed E-state index contributed by atoms with van der Waals surface area (Å²) in [5.41, 5.74) is 6.38. The molecule has 0 radical (unpaired) electrons. The predicted octanol–water partition coefficient (Wildman–Crippen LogP) is 1.07. The maximum atomic E-state index is 11.1. The van der Waals surface area contributed by atoms with E-state index >= 15 is 0 Å². The molecule has 6 heteroatoms. The first-order valence-corrected chi connectivity index (χ1v) is 6.09. The Bertz CT molecular complexity index is 628. The molecule has 1 aromatic heterocycles. The van der Waals surface area contributed by atoms with Crippen molar-refractivity contribution in [3.63, 3.8) is 0 Å². The molecule has 0 atom stereocenters. The van der Waals surface area contributed by atoms with E-state index in [1.165, 1.54) is 6.33 Å². The van der Waals surface area contributed by atoms with E-state index in [1.807, 2.05) is 36.4 Å². The van der Waals surface area contributed by atoms with Gasteiger partial charge in [0.1, 0.15) is 6.07 Å². The molecule has 2 N–H and O–H groups in total. The van der Waals surface area contributed by atoms with Crippen LogP contribution in [0.25, 0.3) is 0 Å². The summed E-state index contributed by atoms with van der Waals surface area (Å²) in [6.45, 7) is 1.36. The lowest BCUT2D eigenvalue weighted by molar-refractivity contribution is 0.0994. The Morgan fingerprint density at radius 2 is 2.15 bits per heavy atom. The third-order valence-electron chi connectivity index (χ3n) is 2.77. The Morgan fingerprint density at radius 3 is 2.80 bits per heavy atom. The first-order chi connectivity index (χ1) is 9.72. The number of nitrogens with two attached hydrogens (primary N) is 1. The molecule has 0 fully saturated rings. The zero-order valence-electron chi connectivity index (χ0n) is 10.8. The molecule has 1 aromatic carbocycles. The minimum absolute atomic E-state index is 0.00411. The Hall–Kier alpha value is -2.65. The molecule has 6 nitrogen and oxygen atoms in total. The summed E-state index contributed by atoms with van der Waals surface area (Å²) in [6.07, 6.45) is 1.42. The van der Waals surface area contributed by atoms with Crippen molar-refractivity contribution in [2.75, 3.05) is 6.61 Å². The highest BCUT2D eigenvalue weighted by atomic mass is 16.5. The highest BCUT2D eigenvalue weighted by Gasteiger charge is 2.14. The Kier molecular flexibility index (Phi) is 4.47. The van der Waals surface area contributed by atoms with Gasteiger partial charge in [-0.2, -0.15) is 5.26 Å². The van der Waals surface area contributed by atoms with E-state index in [4.69, 9.17) is 15.7 Å². The van der Waals surface area contributed by atoms with Gasteiger partial charge in [-0.05, 0) is 5.56 Å². The molecule has 2 aromatic rings. The number of benzene rings is 1. The van der Waals surface area contributed by atoms with E-state index in [2.05, 4.69) is 4.98 Å². The summed E-state index contributed by atoms with van der Waals surface area (Å²) in [6, 6.07) is 11.7. The summed E-state index contributed by atoms with van der Waals surface area (Å²) in [7, 11) is 0. The van der Waals surface area contributed by atoms with Crippen LogP contribution in [-0.4, -0.2) is 22.1 Å². The highest BCUT2D eigenvalue weighted by molar-refractivity contribution is 5.92. The second-order valence-electron chi connectivity index (χ2n) is 4.15. The second kappa shape index (κ2) is 6.50. The van der Waals surface area contributed by atoms with Crippen molar-refractivity contribution in [2.24, 2.45) is 5.73 Å². The van der Waals surface area contributed by atoms with Gasteiger partial charge in [-0.3, -0.25) is 4.79 Å². The van der Waals surface area contributed by atoms with Gasteiger partial charge >= 0.3 is 0 Å². The maximum Gasteiger partial charge on any atom is 0.270 e. The van der Waals surface area contributed by atoms with E-state index in [9.17, 15) is 4.79 Å². The number of hydrogen-bond donors (Lipinski definition) is 1. The lowest BCUT2D eigenvalue weighted by Crippen LogP contribution is -2.14. The van der Waals surface area contributed by atoms with Gasteiger partial charge in [0.05, 0.1) is 19.5 Å². The van der Waals surface area contributed by atoms with E-state index < -0.39 is 5.91 Å². The molecule has 102 valence electrons. The maximum absolute atomic E-state index is 11.1. The van der Waals surface area contributed by atoms with E-state index in [1.54, 1.807) is 4.57 Å². The van der Waals surface area contributed by atoms with Crippen molar-refractivity contribution >= 4 is 5.91 Å². The van der Waals surface area contributed by atoms with Crippen LogP contribution in [0.1, 0.15) is 21.7 Å². The fraction of sp³-hybridized carbons (Fsp3) is 0.214. The number of primary amides is 1. The summed E-state index contributed by atoms with van der Waals surface area (Å²) in [5, 5.41) is 9.01. The zero-order valence-corrected chi connectivity index (χ0v) is 10.8. The number of amides is 1. The second-order valence-corrected chi connectivity index (χ2v) is 4.15. The third-order valence-corrected chi connectivity index (χ3v) is 2.77. The van der Waals surface area contributed by atoms with Crippen LogP contribution in [0, 0.1) is 11.3 Å². The molecule has 0 saturated heterocycles. The van der Waals surface area contributed by atoms with E-state index in [0.29, 0.717) is 19.8 Å². The van der Waals surface area contributed by atoms with Crippen molar-refractivity contribution in [3.05, 3.63) is 53.6 Å². The quantitative estimate of drug-likeness (QED) is 0.794. The standard InChI is InChI=1S/C14H14N4O2/c15-8-12-13(14(16)19)17-10-18(12)6-7-20-9-11-4-2-1-3-5-11/h1-5,10H,6-7,9H2,(H2,16,19). The van der Waals surface area contributed by atoms with E-state index in [-0.39, 0.29) is 11.4 Å². The van der Waals surface area contributed by atoms with Gasteiger partial charge in [0.25, 0.3) is 5.91 Å². The van der Waals surface area contributed by atoms with Crippen molar-refractivity contribution in [3.8, 4) is 6.07 Å². The fourth-order valence-corrected chi connectivity index (χ4v) is 1.78. The Morgan fingerprint density at radius 1 is 1.40 bits per heavy atom. The van der Waals surface area contributed by atoms with E-state index in [0.717, 1.165) is 5.56 Å². The molecule has 0 aliphatic rings. The molecule has 2 rings (SSSR count). The largest absolute Gasteiger partial charge is 0.375 e. The van der Waals surface area contributed by atoms with Crippen LogP contribution in [0.2, 0.25) is 0 Å². The zero-order chi connectivity index (χ0) is 14.4. The van der Waals surface area contributed by atoms with Crippen LogP contribution in [0.15, 0.2) is 36.7 Å². The van der Waals surface area contributed by atoms with Gasteiger partial charge in [0.15, 0.2) is 11.4 Å². The molecular formula is C14H14N4O2. The normalized spacial score (nSPS) is 10.2. The SMILES string of the molecule is N#Cc1c(C(N)=O)ncn1CCOCc1ccccc1. The minimum atomic E-state index is -0.703. The molecular weight excluding hydrogens is 256 g/mol. The average molecular weight is 270 g/mol. The number of nitriles is 1. The molecule has 20 heavy (non-hydrogen) atoms. The van der Waals surface area contributed by atoms with Crippen molar-refractivity contribution in [2.45, 2.75) is 13.2 Å². The first kappa shape index (κ1) is 13.8. The van der Waals surface area contributed by atoms with Gasteiger partial charge in [-0.25, -0.2) is 4.98 Å². The van der Waals surface area contributed by atoms with Gasteiger partial charge < -0.3 is 15.0 Å². The Balaban J connectivity index is 1.89. The highest BCUT2D eigenvalue weighted by Crippen LogP contribution is 2.06. The van der Waals surface area contributed by atoms with Gasteiger partial charge in [0.2, 0.25) is 0 Å². The summed E-state index contributed by atoms with van der Waals surface area (Å²) in [4.78, 5) is 14.9. The number of ether oxygens (including phenoxy) is 1. The minimum Gasteiger partial charge on any atom is -0.375 e. The van der Waals surface area contributed by atoms with Crippen LogP contribution in [-0.2, 0) is 17.9 Å². The molecule has 0 spiro atoms. The summed E-state index contributed by atoms with van der Waals surface area (Å²) < 4.78 is 7.08. The summed E-state index contributed by atoms with van der Waals surface area (Å²) in [5.74, 6) is -0.703. The molecule has 0 saturated carbocycles. The topological polar surface area (TPSA) is 93.9 Å². The first-order valence-electron chi connectivity index (χ1n) is 6.09. The molecule has 0 unspecified atom stereocenters. The Labute approximate surface area is 116 Å². The fourth-order valence-electron chi connectivity index (χ4n) is 1.78. The van der Waals surface area contributed by atoms with Crippen LogP contribution in [0.3, 0.4) is 0 Å². The molecule has 0 aliphatic heterocycles. The number of nitrogens with zero attached hydrogens (tertiary/aromatic N) is 3. The van der Waals surface area contributed by atoms with Crippen LogP contribution >= 0.6 is 0 Å². The number of hydrogen-bond acceptors (Lipinski definition) is 4. The number of aromatic nitrogens is 2. The van der Waals surface area contributed by atoms with Crippen LogP contribution < -0.4 is 5.73 Å². The lowest BCUT2D eigenvalue weighted by atomic mass is 10.2. The van der Waals surface area contributed by atoms with Crippen molar-refractivity contribution < 1.29 is 9.53 Å². The number of carbonyl (C=O) groups is 1. The smallest absolute Gasteiger partial charge is 0.270 e. The average Bonchev–Trinajstić information content (AvgIpc) is 2.88. The molecule has 0 aliphatic carbocycles. The van der Waals surface area contributed by atoms with Crippen LogP contribution in [0.5, 0.6) is 0 Å². The van der Waals surface area contributed by atoms with Gasteiger partial charge in [-0.15, -0.1) is 0 Å². The predicted molar refractivity (Wildman–Crippen MR) is 71.6 cm³/mol. The number of rotatable bonds is 6. The number of carbonyl (C=O) groups excluding carboxylic acids is 1. The monoisotopic (exact) mass is 270 g/mol. The third kappa shape index (κ3) is 3.22. The van der Waals surface area contributed by atoms with Crippen LogP contribution in [0.4, 0.5) is 0 Å². The molecule has 0 bridgehead atoms. The van der Waals surface area contributed by atoms with Crippen molar-refractivity contribution in [1.29, 1.82) is 5.26 Å². The molecule has 1 amide bonds. The lowest BCUT2D eigenvalue weighted by Gasteiger charge is -2.06. The van der Waals surface area contributed by atoms with Gasteiger partial charge in [-0.1, -0.05) is 30.3 Å².